The van der Waals surface area contributed by atoms with Gasteiger partial charge in [-0.15, -0.1) is 11.8 Å². The van der Waals surface area contributed by atoms with Crippen LogP contribution in [0.5, 0.6) is 5.75 Å². The molecule has 0 aliphatic heterocycles. The number of carbonyl (C=O) groups is 1. The molecular weight excluding hydrogens is 256 g/mol. The van der Waals surface area contributed by atoms with Gasteiger partial charge in [0.1, 0.15) is 11.3 Å². The summed E-state index contributed by atoms with van der Waals surface area (Å²) >= 11 is 1.20. The van der Waals surface area contributed by atoms with E-state index in [-0.39, 0.29) is 11.5 Å². The van der Waals surface area contributed by atoms with Gasteiger partial charge in [-0.3, -0.25) is 4.79 Å². The molecule has 0 amide bonds. The fraction of sp³-hybridized carbons (Fsp3) is 0.167. The second-order valence-electron chi connectivity index (χ2n) is 3.66. The van der Waals surface area contributed by atoms with Crippen molar-refractivity contribution in [3.8, 4) is 5.75 Å². The van der Waals surface area contributed by atoms with E-state index in [9.17, 15) is 14.7 Å². The Kier molecular flexibility index (Phi) is 3.57. The van der Waals surface area contributed by atoms with Crippen molar-refractivity contribution in [1.29, 1.82) is 0 Å². The van der Waals surface area contributed by atoms with Crippen LogP contribution in [-0.2, 0) is 10.5 Å². The third kappa shape index (κ3) is 2.84. The number of hydrogen-bond acceptors (Lipinski definition) is 5. The van der Waals surface area contributed by atoms with Crippen molar-refractivity contribution in [2.45, 2.75) is 5.75 Å². The molecule has 0 aliphatic rings. The highest BCUT2D eigenvalue weighted by atomic mass is 32.2. The lowest BCUT2D eigenvalue weighted by molar-refractivity contribution is -0.133. The van der Waals surface area contributed by atoms with Crippen LogP contribution in [0, 0.1) is 0 Å². The van der Waals surface area contributed by atoms with Gasteiger partial charge < -0.3 is 14.6 Å². The van der Waals surface area contributed by atoms with Gasteiger partial charge in [0.05, 0.1) is 5.75 Å². The smallest absolute Gasteiger partial charge is 0.336 e. The van der Waals surface area contributed by atoms with Crippen molar-refractivity contribution in [3.63, 3.8) is 0 Å². The largest absolute Gasteiger partial charge is 0.508 e. The summed E-state index contributed by atoms with van der Waals surface area (Å²) in [6.45, 7) is 0. The van der Waals surface area contributed by atoms with E-state index in [0.717, 1.165) is 0 Å². The number of aromatic hydroxyl groups is 1. The van der Waals surface area contributed by atoms with E-state index in [1.54, 1.807) is 6.07 Å². The molecule has 2 rings (SSSR count). The summed E-state index contributed by atoms with van der Waals surface area (Å²) < 4.78 is 4.97. The van der Waals surface area contributed by atoms with Gasteiger partial charge in [-0.2, -0.15) is 0 Å². The fourth-order valence-electron chi connectivity index (χ4n) is 1.59. The van der Waals surface area contributed by atoms with Gasteiger partial charge in [0.15, 0.2) is 0 Å². The minimum atomic E-state index is -0.898. The normalized spacial score (nSPS) is 10.7. The Labute approximate surface area is 106 Å². The number of phenols is 1. The number of hydrogen-bond donors (Lipinski definition) is 2. The second-order valence-corrected chi connectivity index (χ2v) is 4.64. The first kappa shape index (κ1) is 12.5. The zero-order valence-electron chi connectivity index (χ0n) is 9.25. The standard InChI is InChI=1S/C12H10O5S/c13-8-1-2-9-7(5-18-6-11(14)15)3-12(16)17-10(9)4-8/h1-4,13H,5-6H2,(H,14,15). The SMILES string of the molecule is O=C(O)CSCc1cc(=O)oc2cc(O)ccc12. The van der Waals surface area contributed by atoms with Crippen molar-refractivity contribution in [2.75, 3.05) is 5.75 Å². The average Bonchev–Trinajstić information content (AvgIpc) is 2.27. The number of fused-ring (bicyclic) bond motifs is 1. The van der Waals surface area contributed by atoms with Crippen LogP contribution in [0.15, 0.2) is 33.5 Å². The third-order valence-electron chi connectivity index (χ3n) is 2.30. The number of carboxylic acids is 1. The number of phenolic OH excluding ortho intramolecular Hbond substituents is 1. The van der Waals surface area contributed by atoms with Crippen LogP contribution in [0.25, 0.3) is 11.0 Å². The third-order valence-corrected chi connectivity index (χ3v) is 3.26. The molecule has 0 radical (unpaired) electrons. The van der Waals surface area contributed by atoms with Crippen LogP contribution in [-0.4, -0.2) is 21.9 Å². The lowest BCUT2D eigenvalue weighted by Gasteiger charge is -2.04. The molecule has 94 valence electrons. The van der Waals surface area contributed by atoms with Crippen molar-refractivity contribution in [2.24, 2.45) is 0 Å². The Morgan fingerprint density at radius 1 is 1.33 bits per heavy atom. The first-order chi connectivity index (χ1) is 8.56. The molecule has 0 saturated carbocycles. The number of rotatable bonds is 4. The van der Waals surface area contributed by atoms with Crippen LogP contribution >= 0.6 is 11.8 Å². The van der Waals surface area contributed by atoms with Gasteiger partial charge in [0.25, 0.3) is 0 Å². The quantitative estimate of drug-likeness (QED) is 0.821. The molecule has 0 spiro atoms. The van der Waals surface area contributed by atoms with Gasteiger partial charge >= 0.3 is 11.6 Å². The zero-order valence-corrected chi connectivity index (χ0v) is 10.1. The van der Waals surface area contributed by atoms with Crippen molar-refractivity contribution >= 4 is 28.7 Å². The van der Waals surface area contributed by atoms with Gasteiger partial charge in [0.2, 0.25) is 0 Å². The summed E-state index contributed by atoms with van der Waals surface area (Å²) in [4.78, 5) is 21.8. The van der Waals surface area contributed by atoms with Gasteiger partial charge in [-0.1, -0.05) is 0 Å². The Morgan fingerprint density at radius 2 is 2.11 bits per heavy atom. The molecule has 1 aromatic heterocycles. The summed E-state index contributed by atoms with van der Waals surface area (Å²) in [5, 5.41) is 18.6. The molecule has 0 saturated heterocycles. The molecule has 1 aromatic carbocycles. The predicted molar refractivity (Wildman–Crippen MR) is 67.9 cm³/mol. The Morgan fingerprint density at radius 3 is 2.83 bits per heavy atom. The minimum absolute atomic E-state index is 0.0148. The van der Waals surface area contributed by atoms with Crippen LogP contribution in [0.4, 0.5) is 0 Å². The van der Waals surface area contributed by atoms with E-state index in [1.807, 2.05) is 0 Å². The number of benzene rings is 1. The second kappa shape index (κ2) is 5.14. The highest BCUT2D eigenvalue weighted by molar-refractivity contribution is 7.99. The summed E-state index contributed by atoms with van der Waals surface area (Å²) in [5.74, 6) is -0.509. The van der Waals surface area contributed by atoms with E-state index in [0.29, 0.717) is 22.3 Å². The van der Waals surface area contributed by atoms with E-state index >= 15 is 0 Å². The molecule has 18 heavy (non-hydrogen) atoms. The van der Waals surface area contributed by atoms with E-state index in [1.165, 1.54) is 30.0 Å². The van der Waals surface area contributed by atoms with Crippen LogP contribution in [0.2, 0.25) is 0 Å². The molecule has 2 aromatic rings. The van der Waals surface area contributed by atoms with Crippen molar-refractivity contribution in [1.82, 2.24) is 0 Å². The lowest BCUT2D eigenvalue weighted by atomic mass is 10.1. The molecule has 0 fully saturated rings. The molecule has 0 bridgehead atoms. The van der Waals surface area contributed by atoms with Crippen LogP contribution in [0.1, 0.15) is 5.56 Å². The summed E-state index contributed by atoms with van der Waals surface area (Å²) in [5.41, 5.74) is 0.486. The molecule has 0 aliphatic carbocycles. The maximum Gasteiger partial charge on any atom is 0.336 e. The molecule has 1 heterocycles. The van der Waals surface area contributed by atoms with Gasteiger partial charge in [0, 0.05) is 23.3 Å². The Balaban J connectivity index is 2.37. The zero-order chi connectivity index (χ0) is 13.1. The van der Waals surface area contributed by atoms with Gasteiger partial charge in [-0.25, -0.2) is 4.79 Å². The monoisotopic (exact) mass is 266 g/mol. The minimum Gasteiger partial charge on any atom is -0.508 e. The predicted octanol–water partition coefficient (Wildman–Crippen LogP) is 1.82. The van der Waals surface area contributed by atoms with Crippen LogP contribution in [0.3, 0.4) is 0 Å². The molecule has 2 N–H and O–H groups in total. The maximum absolute atomic E-state index is 11.3. The summed E-state index contributed by atoms with van der Waals surface area (Å²) in [6.07, 6.45) is 0. The molecule has 0 unspecified atom stereocenters. The highest BCUT2D eigenvalue weighted by Crippen LogP contribution is 2.24. The lowest BCUT2D eigenvalue weighted by Crippen LogP contribution is -2.02. The first-order valence-electron chi connectivity index (χ1n) is 5.11. The van der Waals surface area contributed by atoms with E-state index < -0.39 is 11.6 Å². The summed E-state index contributed by atoms with van der Waals surface area (Å²) in [6, 6.07) is 5.84. The molecular formula is C12H10O5S. The number of aliphatic carboxylic acids is 1. The number of carboxylic acid groups (broad SMARTS) is 1. The molecule has 6 heteroatoms. The van der Waals surface area contributed by atoms with Crippen LogP contribution < -0.4 is 5.63 Å². The fourth-order valence-corrected chi connectivity index (χ4v) is 2.32. The highest BCUT2D eigenvalue weighted by Gasteiger charge is 2.07. The first-order valence-corrected chi connectivity index (χ1v) is 6.27. The maximum atomic E-state index is 11.3. The number of thioether (sulfide) groups is 1. The Hall–Kier alpha value is -1.95. The van der Waals surface area contributed by atoms with Crippen molar-refractivity contribution < 1.29 is 19.4 Å². The Bertz CT molecular complexity index is 646. The summed E-state index contributed by atoms with van der Waals surface area (Å²) in [7, 11) is 0. The van der Waals surface area contributed by atoms with Crippen molar-refractivity contribution in [3.05, 3.63) is 40.2 Å². The van der Waals surface area contributed by atoms with E-state index in [2.05, 4.69) is 0 Å². The average molecular weight is 266 g/mol. The van der Waals surface area contributed by atoms with E-state index in [4.69, 9.17) is 9.52 Å². The molecule has 5 nitrogen and oxygen atoms in total. The molecule has 0 atom stereocenters. The van der Waals surface area contributed by atoms with Gasteiger partial charge in [-0.05, 0) is 17.7 Å². The topological polar surface area (TPSA) is 87.7 Å².